The zero-order valence-electron chi connectivity index (χ0n) is 20.7. The van der Waals surface area contributed by atoms with Gasteiger partial charge in [-0.05, 0) is 60.7 Å². The minimum absolute atomic E-state index is 0.297. The van der Waals surface area contributed by atoms with Crippen molar-refractivity contribution in [1.82, 2.24) is 30.1 Å². The molecule has 0 amide bonds. The van der Waals surface area contributed by atoms with E-state index >= 15 is 0 Å². The molecule has 39 heavy (non-hydrogen) atoms. The number of rotatable bonds is 7. The highest BCUT2D eigenvalue weighted by atomic mass is 19.1. The first-order valence-corrected chi connectivity index (χ1v) is 12.1. The van der Waals surface area contributed by atoms with E-state index in [9.17, 15) is 4.39 Å². The van der Waals surface area contributed by atoms with Gasteiger partial charge in [-0.25, -0.2) is 19.3 Å². The van der Waals surface area contributed by atoms with Crippen LogP contribution in [0.5, 0.6) is 11.6 Å². The average molecular weight is 517 g/mol. The maximum Gasteiger partial charge on any atom is 0.230 e. The predicted octanol–water partition coefficient (Wildman–Crippen LogP) is 6.26. The van der Waals surface area contributed by atoms with Gasteiger partial charge in [0.2, 0.25) is 11.8 Å². The van der Waals surface area contributed by atoms with Crippen molar-refractivity contribution in [1.29, 1.82) is 0 Å². The number of hydrogen-bond acceptors (Lipinski definition) is 9. The van der Waals surface area contributed by atoms with Crippen molar-refractivity contribution in [3.63, 3.8) is 0 Å². The first-order chi connectivity index (χ1) is 19.2. The average Bonchev–Trinajstić information content (AvgIpc) is 2.99. The lowest BCUT2D eigenvalue weighted by Gasteiger charge is -2.12. The number of ether oxygens (including phenoxy) is 1. The minimum atomic E-state index is -0.297. The van der Waals surface area contributed by atoms with Crippen molar-refractivity contribution in [2.24, 2.45) is 0 Å². The Morgan fingerprint density at radius 2 is 1.56 bits per heavy atom. The number of hydrogen-bond donors (Lipinski definition) is 2. The summed E-state index contributed by atoms with van der Waals surface area (Å²) in [5.41, 5.74) is 2.92. The number of pyridine rings is 1. The second kappa shape index (κ2) is 10.5. The summed E-state index contributed by atoms with van der Waals surface area (Å²) in [5.74, 6) is 2.17. The van der Waals surface area contributed by atoms with E-state index in [0.717, 1.165) is 22.0 Å². The van der Waals surface area contributed by atoms with Gasteiger partial charge >= 0.3 is 0 Å². The summed E-state index contributed by atoms with van der Waals surface area (Å²) >= 11 is 0. The van der Waals surface area contributed by atoms with Gasteiger partial charge in [0.15, 0.2) is 11.6 Å². The summed E-state index contributed by atoms with van der Waals surface area (Å²) in [7, 11) is 1.74. The Hall–Kier alpha value is -5.51. The van der Waals surface area contributed by atoms with Gasteiger partial charge in [-0.2, -0.15) is 4.98 Å². The highest BCUT2D eigenvalue weighted by molar-refractivity contribution is 6.00. The summed E-state index contributed by atoms with van der Waals surface area (Å²) in [6.45, 7) is 0. The summed E-state index contributed by atoms with van der Waals surface area (Å²) < 4.78 is 19.5. The lowest BCUT2D eigenvalue weighted by Crippen LogP contribution is -2.01. The molecular formula is C29H21FN8O. The van der Waals surface area contributed by atoms with Crippen molar-refractivity contribution < 1.29 is 9.13 Å². The molecule has 3 heterocycles. The molecule has 6 aromatic rings. The van der Waals surface area contributed by atoms with E-state index in [4.69, 9.17) is 4.74 Å². The maximum absolute atomic E-state index is 13.4. The third-order valence-electron chi connectivity index (χ3n) is 5.94. The van der Waals surface area contributed by atoms with E-state index in [-0.39, 0.29) is 5.82 Å². The number of nitrogens with one attached hydrogen (secondary N) is 2. The molecule has 0 radical (unpaired) electrons. The molecule has 10 heteroatoms. The van der Waals surface area contributed by atoms with Crippen molar-refractivity contribution >= 4 is 28.2 Å². The molecule has 6 rings (SSSR count). The summed E-state index contributed by atoms with van der Waals surface area (Å²) in [6, 6.07) is 25.1. The van der Waals surface area contributed by atoms with Crippen LogP contribution in [0.2, 0.25) is 0 Å². The third-order valence-corrected chi connectivity index (χ3v) is 5.94. The third kappa shape index (κ3) is 5.03. The quantitative estimate of drug-likeness (QED) is 0.254. The topological polar surface area (TPSA) is 111 Å². The molecular weight excluding hydrogens is 495 g/mol. The fraction of sp³-hybridized carbons (Fsp3) is 0.0345. The van der Waals surface area contributed by atoms with Gasteiger partial charge in [0.1, 0.15) is 23.6 Å². The summed E-state index contributed by atoms with van der Waals surface area (Å²) in [6.07, 6.45) is 3.08. The highest BCUT2D eigenvalue weighted by Crippen LogP contribution is 2.33. The zero-order chi connectivity index (χ0) is 26.6. The molecule has 0 bridgehead atoms. The lowest BCUT2D eigenvalue weighted by atomic mass is 10.0. The van der Waals surface area contributed by atoms with Gasteiger partial charge in [0.25, 0.3) is 0 Å². The number of benzene rings is 3. The van der Waals surface area contributed by atoms with E-state index in [0.29, 0.717) is 40.5 Å². The van der Waals surface area contributed by atoms with Gasteiger partial charge in [-0.15, -0.1) is 10.2 Å². The minimum Gasteiger partial charge on any atom is -0.438 e. The molecule has 0 aliphatic carbocycles. The Kier molecular flexibility index (Phi) is 6.40. The molecule has 0 fully saturated rings. The molecule has 0 saturated carbocycles. The van der Waals surface area contributed by atoms with Crippen LogP contribution >= 0.6 is 0 Å². The fourth-order valence-electron chi connectivity index (χ4n) is 4.06. The van der Waals surface area contributed by atoms with Crippen LogP contribution < -0.4 is 15.4 Å². The second-order valence-corrected chi connectivity index (χ2v) is 8.44. The Labute approximate surface area is 222 Å². The van der Waals surface area contributed by atoms with Gasteiger partial charge < -0.3 is 15.4 Å². The monoisotopic (exact) mass is 516 g/mol. The number of aromatic nitrogens is 6. The van der Waals surface area contributed by atoms with Gasteiger partial charge in [-0.1, -0.05) is 24.3 Å². The molecule has 9 nitrogen and oxygen atoms in total. The van der Waals surface area contributed by atoms with Gasteiger partial charge in [0.05, 0.1) is 5.56 Å². The lowest BCUT2D eigenvalue weighted by molar-refractivity contribution is 0.464. The molecule has 0 spiro atoms. The molecule has 0 aliphatic rings. The van der Waals surface area contributed by atoms with Gasteiger partial charge in [0, 0.05) is 35.3 Å². The van der Waals surface area contributed by atoms with Crippen molar-refractivity contribution in [2.75, 3.05) is 17.7 Å². The van der Waals surface area contributed by atoms with Crippen molar-refractivity contribution in [3.05, 3.63) is 103 Å². The van der Waals surface area contributed by atoms with Crippen LogP contribution in [0.1, 0.15) is 0 Å². The van der Waals surface area contributed by atoms with Crippen LogP contribution in [0, 0.1) is 5.82 Å². The Balaban J connectivity index is 1.25. The van der Waals surface area contributed by atoms with E-state index < -0.39 is 0 Å². The smallest absolute Gasteiger partial charge is 0.230 e. The van der Waals surface area contributed by atoms with Crippen molar-refractivity contribution in [2.45, 2.75) is 0 Å². The Morgan fingerprint density at radius 3 is 2.36 bits per heavy atom. The standard InChI is InChI=1S/C29H21FN8O/c1-31-29-34-17-33-26(36-29)24-7-4-16-32-28(24)39-21-14-12-20(13-15-21)35-27-23-6-3-2-5-22(23)25(37-38-27)18-8-10-19(30)11-9-18/h2-17H,1H3,(H,35,38)(H,31,33,34,36). The largest absolute Gasteiger partial charge is 0.438 e. The van der Waals surface area contributed by atoms with E-state index in [1.807, 2.05) is 54.6 Å². The van der Waals surface area contributed by atoms with E-state index in [1.54, 1.807) is 31.4 Å². The van der Waals surface area contributed by atoms with Crippen LogP contribution in [0.4, 0.5) is 21.8 Å². The first kappa shape index (κ1) is 23.9. The number of anilines is 3. The fourth-order valence-corrected chi connectivity index (χ4v) is 4.06. The molecule has 190 valence electrons. The first-order valence-electron chi connectivity index (χ1n) is 12.1. The molecule has 0 aliphatic heterocycles. The normalized spacial score (nSPS) is 10.8. The second-order valence-electron chi connectivity index (χ2n) is 8.44. The number of fused-ring (bicyclic) bond motifs is 1. The van der Waals surface area contributed by atoms with Crippen LogP contribution in [0.3, 0.4) is 0 Å². The van der Waals surface area contributed by atoms with Crippen LogP contribution in [0.25, 0.3) is 33.4 Å². The SMILES string of the molecule is CNc1ncnc(-c2cccnc2Oc2ccc(Nc3nnc(-c4ccc(F)cc4)c4ccccc34)cc2)n1. The molecule has 3 aromatic heterocycles. The molecule has 0 atom stereocenters. The maximum atomic E-state index is 13.4. The zero-order valence-corrected chi connectivity index (χ0v) is 20.7. The van der Waals surface area contributed by atoms with Crippen LogP contribution in [-0.4, -0.2) is 37.2 Å². The summed E-state index contributed by atoms with van der Waals surface area (Å²) in [5, 5.41) is 16.9. The van der Waals surface area contributed by atoms with Crippen LogP contribution in [-0.2, 0) is 0 Å². The van der Waals surface area contributed by atoms with Crippen molar-refractivity contribution in [3.8, 4) is 34.3 Å². The molecule has 0 saturated heterocycles. The summed E-state index contributed by atoms with van der Waals surface area (Å²) in [4.78, 5) is 17.1. The van der Waals surface area contributed by atoms with Crippen LogP contribution in [0.15, 0.2) is 97.5 Å². The van der Waals surface area contributed by atoms with E-state index in [2.05, 4.69) is 40.8 Å². The van der Waals surface area contributed by atoms with E-state index in [1.165, 1.54) is 18.5 Å². The molecule has 3 aromatic carbocycles. The Morgan fingerprint density at radius 1 is 0.769 bits per heavy atom. The number of halogens is 1. The number of nitrogens with zero attached hydrogens (tertiary/aromatic N) is 6. The molecule has 0 unspecified atom stereocenters. The van der Waals surface area contributed by atoms with Gasteiger partial charge in [-0.3, -0.25) is 0 Å². The highest BCUT2D eigenvalue weighted by Gasteiger charge is 2.14. The Bertz CT molecular complexity index is 1760. The molecule has 2 N–H and O–H groups in total. The predicted molar refractivity (Wildman–Crippen MR) is 147 cm³/mol.